The number of hydrogen-bond acceptors (Lipinski definition) is 3. The molecule has 2 aromatic carbocycles. The Morgan fingerprint density at radius 1 is 1.16 bits per heavy atom. The Bertz CT molecular complexity index is 807. The van der Waals surface area contributed by atoms with Gasteiger partial charge in [0.2, 0.25) is 5.91 Å². The van der Waals surface area contributed by atoms with Crippen molar-refractivity contribution in [3.05, 3.63) is 58.6 Å². The van der Waals surface area contributed by atoms with Gasteiger partial charge in [0.15, 0.2) is 11.5 Å². The third-order valence-electron chi connectivity index (χ3n) is 4.86. The van der Waals surface area contributed by atoms with Crippen LogP contribution in [0.5, 0.6) is 11.5 Å². The third-order valence-corrected chi connectivity index (χ3v) is 5.20. The fourth-order valence-electron chi connectivity index (χ4n) is 3.34. The van der Waals surface area contributed by atoms with E-state index < -0.39 is 0 Å². The van der Waals surface area contributed by atoms with Crippen molar-refractivity contribution >= 4 is 17.5 Å². The smallest absolute Gasteiger partial charge is 0.224 e. The Kier molecular flexibility index (Phi) is 4.30. The molecular formula is C20H20ClNO3. The lowest BCUT2D eigenvalue weighted by molar-refractivity contribution is -0.123. The molecule has 3 unspecified atom stereocenters. The van der Waals surface area contributed by atoms with Crippen LogP contribution in [0, 0.1) is 5.92 Å². The van der Waals surface area contributed by atoms with Gasteiger partial charge in [-0.15, -0.1) is 0 Å². The molecule has 1 heterocycles. The van der Waals surface area contributed by atoms with E-state index in [2.05, 4.69) is 5.32 Å². The fraction of sp³-hybridized carbons (Fsp3) is 0.350. The SMILES string of the molecule is CC(NC(=O)C1CC1c1ccccc1Cl)c1ccc2c(c1)OCCO2. The lowest BCUT2D eigenvalue weighted by atomic mass is 10.1. The number of hydrogen-bond donors (Lipinski definition) is 1. The average molecular weight is 358 g/mol. The van der Waals surface area contributed by atoms with Crippen LogP contribution in [-0.4, -0.2) is 19.1 Å². The van der Waals surface area contributed by atoms with E-state index in [4.69, 9.17) is 21.1 Å². The van der Waals surface area contributed by atoms with Crippen LogP contribution in [-0.2, 0) is 4.79 Å². The van der Waals surface area contributed by atoms with Crippen LogP contribution >= 0.6 is 11.6 Å². The second-order valence-electron chi connectivity index (χ2n) is 6.60. The lowest BCUT2D eigenvalue weighted by Crippen LogP contribution is -2.28. The summed E-state index contributed by atoms with van der Waals surface area (Å²) in [7, 11) is 0. The highest BCUT2D eigenvalue weighted by atomic mass is 35.5. The van der Waals surface area contributed by atoms with Crippen LogP contribution in [0.15, 0.2) is 42.5 Å². The first kappa shape index (κ1) is 16.3. The van der Waals surface area contributed by atoms with E-state index in [1.807, 2.05) is 49.4 Å². The number of rotatable bonds is 4. The van der Waals surface area contributed by atoms with E-state index in [1.54, 1.807) is 0 Å². The molecule has 0 aromatic heterocycles. The van der Waals surface area contributed by atoms with Gasteiger partial charge in [-0.1, -0.05) is 35.9 Å². The summed E-state index contributed by atoms with van der Waals surface area (Å²) in [5.74, 6) is 1.80. The Labute approximate surface area is 152 Å². The summed E-state index contributed by atoms with van der Waals surface area (Å²) in [6.07, 6.45) is 0.851. The molecular weight excluding hydrogens is 338 g/mol. The first-order chi connectivity index (χ1) is 12.1. The van der Waals surface area contributed by atoms with Crippen LogP contribution in [0.4, 0.5) is 0 Å². The van der Waals surface area contributed by atoms with E-state index in [1.165, 1.54) is 0 Å². The van der Waals surface area contributed by atoms with Gasteiger partial charge < -0.3 is 14.8 Å². The molecule has 2 aromatic rings. The van der Waals surface area contributed by atoms with Crippen molar-refractivity contribution in [3.8, 4) is 11.5 Å². The zero-order chi connectivity index (χ0) is 17.4. The maximum Gasteiger partial charge on any atom is 0.224 e. The summed E-state index contributed by atoms with van der Waals surface area (Å²) in [6, 6.07) is 13.5. The van der Waals surface area contributed by atoms with Crippen LogP contribution < -0.4 is 14.8 Å². The molecule has 4 nitrogen and oxygen atoms in total. The second-order valence-corrected chi connectivity index (χ2v) is 7.01. The highest BCUT2D eigenvalue weighted by Gasteiger charge is 2.45. The minimum atomic E-state index is -0.0872. The Morgan fingerprint density at radius 2 is 1.92 bits per heavy atom. The molecule has 1 N–H and O–H groups in total. The molecule has 0 bridgehead atoms. The van der Waals surface area contributed by atoms with Gasteiger partial charge >= 0.3 is 0 Å². The molecule has 3 atom stereocenters. The molecule has 0 spiro atoms. The number of carbonyl (C=O) groups is 1. The molecule has 0 radical (unpaired) electrons. The molecule has 1 aliphatic heterocycles. The molecule has 1 amide bonds. The second kappa shape index (κ2) is 6.60. The minimum absolute atomic E-state index is 0.000407. The molecule has 1 fully saturated rings. The highest BCUT2D eigenvalue weighted by molar-refractivity contribution is 6.31. The number of halogens is 1. The normalized spacial score (nSPS) is 22.2. The molecule has 130 valence electrons. The van der Waals surface area contributed by atoms with E-state index in [0.29, 0.717) is 13.2 Å². The van der Waals surface area contributed by atoms with Crippen LogP contribution in [0.2, 0.25) is 5.02 Å². The van der Waals surface area contributed by atoms with Crippen molar-refractivity contribution < 1.29 is 14.3 Å². The minimum Gasteiger partial charge on any atom is -0.486 e. The van der Waals surface area contributed by atoms with Crippen molar-refractivity contribution in [1.82, 2.24) is 5.32 Å². The number of ether oxygens (including phenoxy) is 2. The summed E-state index contributed by atoms with van der Waals surface area (Å²) in [5, 5.41) is 3.84. The molecule has 5 heteroatoms. The number of fused-ring (bicyclic) bond motifs is 1. The third kappa shape index (κ3) is 3.31. The highest BCUT2D eigenvalue weighted by Crippen LogP contribution is 2.49. The molecule has 0 saturated heterocycles. The van der Waals surface area contributed by atoms with E-state index in [-0.39, 0.29) is 23.8 Å². The lowest BCUT2D eigenvalue weighted by Gasteiger charge is -2.21. The largest absolute Gasteiger partial charge is 0.486 e. The van der Waals surface area contributed by atoms with Gasteiger partial charge in [0, 0.05) is 10.9 Å². The monoisotopic (exact) mass is 357 g/mol. The Morgan fingerprint density at radius 3 is 2.72 bits per heavy atom. The van der Waals surface area contributed by atoms with Gasteiger partial charge in [-0.3, -0.25) is 4.79 Å². The topological polar surface area (TPSA) is 47.6 Å². The first-order valence-corrected chi connectivity index (χ1v) is 8.95. The van der Waals surface area contributed by atoms with Crippen molar-refractivity contribution in [3.63, 3.8) is 0 Å². The quantitative estimate of drug-likeness (QED) is 0.896. The molecule has 2 aliphatic rings. The molecule has 1 saturated carbocycles. The van der Waals surface area contributed by atoms with Gasteiger partial charge in [0.25, 0.3) is 0 Å². The first-order valence-electron chi connectivity index (χ1n) is 8.58. The maximum atomic E-state index is 12.6. The number of carbonyl (C=O) groups excluding carboxylic acids is 1. The predicted molar refractivity (Wildman–Crippen MR) is 96.3 cm³/mol. The number of benzene rings is 2. The van der Waals surface area contributed by atoms with Gasteiger partial charge in [-0.25, -0.2) is 0 Å². The van der Waals surface area contributed by atoms with E-state index >= 15 is 0 Å². The van der Waals surface area contributed by atoms with Gasteiger partial charge in [0.05, 0.1) is 6.04 Å². The van der Waals surface area contributed by atoms with E-state index in [9.17, 15) is 4.79 Å². The maximum absolute atomic E-state index is 12.6. The van der Waals surface area contributed by atoms with E-state index in [0.717, 1.165) is 34.1 Å². The van der Waals surface area contributed by atoms with Crippen LogP contribution in [0.3, 0.4) is 0 Å². The molecule has 4 rings (SSSR count). The Hall–Kier alpha value is -2.20. The molecule has 1 aliphatic carbocycles. The van der Waals surface area contributed by atoms with Crippen molar-refractivity contribution in [2.75, 3.05) is 13.2 Å². The van der Waals surface area contributed by atoms with Crippen molar-refractivity contribution in [2.45, 2.75) is 25.3 Å². The number of amides is 1. The Balaban J connectivity index is 1.41. The van der Waals surface area contributed by atoms with Crippen molar-refractivity contribution in [2.24, 2.45) is 5.92 Å². The predicted octanol–water partition coefficient (Wildman–Crippen LogP) is 4.09. The van der Waals surface area contributed by atoms with Gasteiger partial charge in [0.1, 0.15) is 13.2 Å². The summed E-state index contributed by atoms with van der Waals surface area (Å²) in [6.45, 7) is 3.11. The average Bonchev–Trinajstić information content (AvgIpc) is 3.42. The summed E-state index contributed by atoms with van der Waals surface area (Å²) in [5.41, 5.74) is 2.07. The summed E-state index contributed by atoms with van der Waals surface area (Å²) >= 11 is 6.24. The van der Waals surface area contributed by atoms with Crippen LogP contribution in [0.25, 0.3) is 0 Å². The standard InChI is InChI=1S/C20H20ClNO3/c1-12(13-6-7-18-19(10-13)25-9-8-24-18)22-20(23)16-11-15(16)14-4-2-3-5-17(14)21/h2-7,10,12,15-16H,8-9,11H2,1H3,(H,22,23). The summed E-state index contributed by atoms with van der Waals surface area (Å²) in [4.78, 5) is 12.6. The fourth-order valence-corrected chi connectivity index (χ4v) is 3.61. The van der Waals surface area contributed by atoms with Crippen LogP contribution in [0.1, 0.15) is 36.4 Å². The zero-order valence-corrected chi connectivity index (χ0v) is 14.8. The van der Waals surface area contributed by atoms with Gasteiger partial charge in [-0.05, 0) is 48.6 Å². The molecule has 25 heavy (non-hydrogen) atoms. The van der Waals surface area contributed by atoms with Gasteiger partial charge in [-0.2, -0.15) is 0 Å². The zero-order valence-electron chi connectivity index (χ0n) is 14.0. The number of nitrogens with one attached hydrogen (secondary N) is 1. The summed E-state index contributed by atoms with van der Waals surface area (Å²) < 4.78 is 11.2. The van der Waals surface area contributed by atoms with Crippen molar-refractivity contribution in [1.29, 1.82) is 0 Å².